The van der Waals surface area contributed by atoms with Crippen molar-refractivity contribution in [1.82, 2.24) is 0 Å². The summed E-state index contributed by atoms with van der Waals surface area (Å²) in [6.45, 7) is 4.35. The second-order valence-corrected chi connectivity index (χ2v) is 5.50. The van der Waals surface area contributed by atoms with Crippen LogP contribution < -0.4 is 17.0 Å². The lowest BCUT2D eigenvalue weighted by atomic mass is 10.4. The lowest BCUT2D eigenvalue weighted by Gasteiger charge is -1.97. The molecule has 0 spiro atoms. The van der Waals surface area contributed by atoms with Crippen LogP contribution in [0.4, 0.5) is 0 Å². The van der Waals surface area contributed by atoms with Crippen LogP contribution in [0.25, 0.3) is 0 Å². The lowest BCUT2D eigenvalue weighted by molar-refractivity contribution is -0.677. The zero-order valence-corrected chi connectivity index (χ0v) is 11.7. The van der Waals surface area contributed by atoms with E-state index < -0.39 is 0 Å². The van der Waals surface area contributed by atoms with Crippen molar-refractivity contribution in [1.29, 1.82) is 0 Å². The van der Waals surface area contributed by atoms with Crippen LogP contribution in [-0.4, -0.2) is 0 Å². The molecule has 0 radical (unpaired) electrons. The highest BCUT2D eigenvalue weighted by atomic mass is 35.5. The average Bonchev–Trinajstić information content (AvgIpc) is 2.59. The van der Waals surface area contributed by atoms with Crippen LogP contribution in [0.3, 0.4) is 0 Å². The molecule has 0 bridgehead atoms. The third kappa shape index (κ3) is 3.24. The second-order valence-electron chi connectivity index (χ2n) is 3.42. The van der Waals surface area contributed by atoms with Gasteiger partial charge in [-0.3, -0.25) is 0 Å². The number of hydrogen-bond donors (Lipinski definition) is 0. The van der Waals surface area contributed by atoms with E-state index in [2.05, 4.69) is 54.3 Å². The highest BCUT2D eigenvalue weighted by Gasteiger charge is 2.11. The Morgan fingerprint density at radius 1 is 1.19 bits per heavy atom. The first-order valence-electron chi connectivity index (χ1n) is 4.89. The Morgan fingerprint density at radius 2 is 1.88 bits per heavy atom. The maximum Gasteiger partial charge on any atom is 0.225 e. The van der Waals surface area contributed by atoms with Crippen LogP contribution in [0, 0.1) is 13.8 Å². The summed E-state index contributed by atoms with van der Waals surface area (Å²) in [4.78, 5) is 2.73. The van der Waals surface area contributed by atoms with E-state index >= 15 is 0 Å². The molecule has 2 aromatic rings. The molecule has 4 heteroatoms. The van der Waals surface area contributed by atoms with Crippen molar-refractivity contribution in [2.45, 2.75) is 24.6 Å². The van der Waals surface area contributed by atoms with Crippen LogP contribution >= 0.6 is 23.1 Å². The monoisotopic (exact) mass is 271 g/mol. The number of aromatic nitrogens is 1. The number of rotatable bonds is 3. The summed E-state index contributed by atoms with van der Waals surface area (Å²) >= 11 is 3.69. The summed E-state index contributed by atoms with van der Waals surface area (Å²) in [6, 6.07) is 10.5. The molecule has 0 saturated carbocycles. The molecule has 1 aromatic heterocycles. The van der Waals surface area contributed by atoms with Gasteiger partial charge in [0.05, 0.1) is 4.88 Å². The normalized spacial score (nSPS) is 9.88. The fraction of sp³-hybridized carbons (Fsp3) is 0.250. The van der Waals surface area contributed by atoms with Gasteiger partial charge in [-0.15, -0.1) is 0 Å². The Balaban J connectivity index is 0.00000128. The summed E-state index contributed by atoms with van der Waals surface area (Å²) in [5.41, 5.74) is 3.57. The van der Waals surface area contributed by atoms with Gasteiger partial charge in [-0.05, 0) is 19.1 Å². The van der Waals surface area contributed by atoms with Crippen molar-refractivity contribution in [3.8, 4) is 0 Å². The Morgan fingerprint density at radius 3 is 2.44 bits per heavy atom. The number of halogens is 1. The second kappa shape index (κ2) is 6.28. The summed E-state index contributed by atoms with van der Waals surface area (Å²) in [5, 5.41) is 0. The minimum Gasteiger partial charge on any atom is -1.00 e. The molecule has 0 unspecified atom stereocenters. The molecule has 0 N–H and O–H groups in total. The third-order valence-electron chi connectivity index (χ3n) is 2.41. The Hall–Kier alpha value is -0.510. The van der Waals surface area contributed by atoms with Crippen molar-refractivity contribution < 1.29 is 17.0 Å². The summed E-state index contributed by atoms with van der Waals surface area (Å²) in [6.07, 6.45) is 0. The molecule has 1 nitrogen and oxygen atoms in total. The van der Waals surface area contributed by atoms with Gasteiger partial charge in [0, 0.05) is 11.8 Å². The number of hydrogen-bond acceptors (Lipinski definition) is 2. The van der Waals surface area contributed by atoms with Crippen LogP contribution in [-0.2, 0) is 5.88 Å². The van der Waals surface area contributed by atoms with Gasteiger partial charge in [-0.1, -0.05) is 41.3 Å². The van der Waals surface area contributed by atoms with Gasteiger partial charge in [0.2, 0.25) is 5.51 Å². The van der Waals surface area contributed by atoms with Gasteiger partial charge in [0.15, 0.2) is 11.6 Å². The molecule has 16 heavy (non-hydrogen) atoms. The first-order chi connectivity index (χ1) is 7.27. The first kappa shape index (κ1) is 13.6. The van der Waals surface area contributed by atoms with Crippen LogP contribution in [0.15, 0.2) is 40.7 Å². The SMILES string of the molecule is Cc1sc[n+](CSc2ccccc2)c1C.[Cl-]. The molecule has 0 fully saturated rings. The molecule has 1 aromatic carbocycles. The molecule has 1 heterocycles. The number of nitrogens with zero attached hydrogens (tertiary/aromatic N) is 1. The number of thioether (sulfide) groups is 1. The fourth-order valence-corrected chi connectivity index (χ4v) is 3.10. The topological polar surface area (TPSA) is 3.88 Å². The minimum atomic E-state index is 0. The smallest absolute Gasteiger partial charge is 0.225 e. The predicted octanol–water partition coefficient (Wildman–Crippen LogP) is 0.406. The quantitative estimate of drug-likeness (QED) is 0.578. The maximum absolute atomic E-state index is 2.30. The molecule has 0 amide bonds. The zero-order valence-electron chi connectivity index (χ0n) is 9.31. The Labute approximate surface area is 111 Å². The predicted molar refractivity (Wildman–Crippen MR) is 66.3 cm³/mol. The zero-order chi connectivity index (χ0) is 10.7. The van der Waals surface area contributed by atoms with Crippen molar-refractivity contribution in [2.75, 3.05) is 0 Å². The average molecular weight is 272 g/mol. The van der Waals surface area contributed by atoms with Crippen molar-refractivity contribution >= 4 is 23.1 Å². The largest absolute Gasteiger partial charge is 1.00 e. The fourth-order valence-electron chi connectivity index (χ4n) is 1.30. The molecule has 0 saturated heterocycles. The van der Waals surface area contributed by atoms with Crippen LogP contribution in [0.5, 0.6) is 0 Å². The van der Waals surface area contributed by atoms with E-state index in [4.69, 9.17) is 0 Å². The third-order valence-corrected chi connectivity index (χ3v) is 4.43. The molecule has 0 atom stereocenters. The first-order valence-corrected chi connectivity index (χ1v) is 6.76. The van der Waals surface area contributed by atoms with E-state index in [1.54, 1.807) is 0 Å². The Kier molecular flexibility index (Phi) is 5.32. The molecule has 86 valence electrons. The van der Waals surface area contributed by atoms with E-state index in [0.29, 0.717) is 0 Å². The van der Waals surface area contributed by atoms with Gasteiger partial charge in [-0.2, -0.15) is 4.57 Å². The molecular weight excluding hydrogens is 258 g/mol. The highest BCUT2D eigenvalue weighted by Crippen LogP contribution is 2.18. The van der Waals surface area contributed by atoms with Gasteiger partial charge < -0.3 is 12.4 Å². The number of aryl methyl sites for hydroxylation is 1. The van der Waals surface area contributed by atoms with E-state index in [-0.39, 0.29) is 12.4 Å². The molecule has 0 aliphatic rings. The molecule has 0 aliphatic heterocycles. The summed E-state index contributed by atoms with van der Waals surface area (Å²) in [7, 11) is 0. The minimum absolute atomic E-state index is 0. The van der Waals surface area contributed by atoms with Gasteiger partial charge >= 0.3 is 0 Å². The van der Waals surface area contributed by atoms with E-state index in [0.717, 1.165) is 5.88 Å². The Bertz CT molecular complexity index is 440. The van der Waals surface area contributed by atoms with Gasteiger partial charge in [0.25, 0.3) is 0 Å². The lowest BCUT2D eigenvalue weighted by Crippen LogP contribution is -3.00. The molecular formula is C12H14ClNS2. The van der Waals surface area contributed by atoms with Crippen molar-refractivity contribution in [2.24, 2.45) is 0 Å². The van der Waals surface area contributed by atoms with Gasteiger partial charge in [-0.25, -0.2) is 0 Å². The van der Waals surface area contributed by atoms with E-state index in [1.165, 1.54) is 15.5 Å². The molecule has 0 aliphatic carbocycles. The van der Waals surface area contributed by atoms with Crippen molar-refractivity contribution in [3.05, 3.63) is 46.4 Å². The van der Waals surface area contributed by atoms with E-state index in [9.17, 15) is 0 Å². The van der Waals surface area contributed by atoms with Crippen molar-refractivity contribution in [3.63, 3.8) is 0 Å². The van der Waals surface area contributed by atoms with Gasteiger partial charge in [0.1, 0.15) is 0 Å². The molecule has 2 rings (SSSR count). The number of thiazole rings is 1. The van der Waals surface area contributed by atoms with Crippen LogP contribution in [0.2, 0.25) is 0 Å². The summed E-state index contributed by atoms with van der Waals surface area (Å²) in [5.74, 6) is 1.00. The number of benzene rings is 1. The highest BCUT2D eigenvalue weighted by molar-refractivity contribution is 7.98. The standard InChI is InChI=1S/C12H14NS2.ClH/c1-10-11(2)14-8-13(10)9-15-12-6-4-3-5-7-12;/h3-8H,9H2,1-2H3;1H/q+1;/p-1. The van der Waals surface area contributed by atoms with Crippen LogP contribution in [0.1, 0.15) is 10.6 Å². The maximum atomic E-state index is 2.30. The summed E-state index contributed by atoms with van der Waals surface area (Å²) < 4.78 is 2.30. The van der Waals surface area contributed by atoms with E-state index in [1.807, 2.05) is 23.1 Å².